The average molecular weight is 292 g/mol. The lowest BCUT2D eigenvalue weighted by Crippen LogP contribution is -2.32. The Kier molecular flexibility index (Phi) is 4.64. The Morgan fingerprint density at radius 3 is 2.56 bits per heavy atom. The summed E-state index contributed by atoms with van der Waals surface area (Å²) in [4.78, 5) is 20.9. The van der Waals surface area contributed by atoms with Crippen molar-refractivity contribution in [1.82, 2.24) is 14.9 Å². The molecule has 1 aromatic heterocycles. The van der Waals surface area contributed by atoms with Gasteiger partial charge in [0.2, 0.25) is 5.28 Å². The predicted octanol–water partition coefficient (Wildman–Crippen LogP) is 0.555. The number of aromatic nitrogens is 2. The van der Waals surface area contributed by atoms with Crippen LogP contribution in [-0.2, 0) is 9.84 Å². The molecule has 1 heterocycles. The number of hydrogen-bond acceptors (Lipinski definition) is 5. The van der Waals surface area contributed by atoms with Crippen molar-refractivity contribution >= 4 is 27.3 Å². The standard InChI is InChI=1S/C10H14ClN3O3S/c1-7-6-8(13-10(11)12-7)9(15)14(2)4-5-18(3,16)17/h6H,4-5H2,1-3H3. The maximum absolute atomic E-state index is 11.9. The van der Waals surface area contributed by atoms with Crippen LogP contribution in [0.3, 0.4) is 0 Å². The van der Waals surface area contributed by atoms with E-state index in [4.69, 9.17) is 11.6 Å². The maximum Gasteiger partial charge on any atom is 0.272 e. The van der Waals surface area contributed by atoms with Crippen molar-refractivity contribution in [2.75, 3.05) is 25.6 Å². The topological polar surface area (TPSA) is 80.2 Å². The van der Waals surface area contributed by atoms with Gasteiger partial charge in [0.15, 0.2) is 0 Å². The number of rotatable bonds is 4. The second-order valence-electron chi connectivity index (χ2n) is 4.02. The number of hydrogen-bond donors (Lipinski definition) is 0. The summed E-state index contributed by atoms with van der Waals surface area (Å²) in [5.41, 5.74) is 0.735. The molecular formula is C10H14ClN3O3S. The largest absolute Gasteiger partial charge is 0.339 e. The molecule has 0 aliphatic carbocycles. The number of sulfone groups is 1. The summed E-state index contributed by atoms with van der Waals surface area (Å²) >= 11 is 5.66. The maximum atomic E-state index is 11.9. The molecule has 0 aliphatic rings. The quantitative estimate of drug-likeness (QED) is 0.757. The molecule has 0 unspecified atom stereocenters. The molecule has 1 amide bonds. The average Bonchev–Trinajstić information content (AvgIpc) is 2.22. The lowest BCUT2D eigenvalue weighted by Gasteiger charge is -2.16. The second kappa shape index (κ2) is 5.62. The van der Waals surface area contributed by atoms with Crippen LogP contribution in [0.5, 0.6) is 0 Å². The van der Waals surface area contributed by atoms with Crippen LogP contribution in [-0.4, -0.2) is 54.8 Å². The Hall–Kier alpha value is -1.21. The minimum absolute atomic E-state index is 0.00476. The summed E-state index contributed by atoms with van der Waals surface area (Å²) in [6.45, 7) is 1.80. The van der Waals surface area contributed by atoms with Gasteiger partial charge in [0, 0.05) is 25.5 Å². The molecule has 0 atom stereocenters. The van der Waals surface area contributed by atoms with E-state index in [-0.39, 0.29) is 29.2 Å². The summed E-state index contributed by atoms with van der Waals surface area (Å²) in [6.07, 6.45) is 1.12. The van der Waals surface area contributed by atoms with E-state index in [0.29, 0.717) is 5.69 Å². The van der Waals surface area contributed by atoms with E-state index >= 15 is 0 Å². The molecule has 0 bridgehead atoms. The second-order valence-corrected chi connectivity index (χ2v) is 6.62. The Labute approximate surface area is 111 Å². The van der Waals surface area contributed by atoms with Crippen molar-refractivity contribution in [3.05, 3.63) is 22.7 Å². The van der Waals surface area contributed by atoms with E-state index in [0.717, 1.165) is 6.26 Å². The first-order valence-corrected chi connectivity index (χ1v) is 7.57. The highest BCUT2D eigenvalue weighted by Crippen LogP contribution is 2.07. The number of halogens is 1. The van der Waals surface area contributed by atoms with Gasteiger partial charge in [-0.15, -0.1) is 0 Å². The first-order valence-electron chi connectivity index (χ1n) is 5.13. The zero-order chi connectivity index (χ0) is 13.9. The fourth-order valence-corrected chi connectivity index (χ4v) is 2.07. The molecule has 1 aromatic rings. The lowest BCUT2D eigenvalue weighted by atomic mass is 10.3. The van der Waals surface area contributed by atoms with E-state index in [1.165, 1.54) is 18.0 Å². The van der Waals surface area contributed by atoms with Crippen LogP contribution in [0.1, 0.15) is 16.2 Å². The van der Waals surface area contributed by atoms with Crippen LogP contribution >= 0.6 is 11.6 Å². The van der Waals surface area contributed by atoms with Crippen molar-refractivity contribution < 1.29 is 13.2 Å². The monoisotopic (exact) mass is 291 g/mol. The smallest absolute Gasteiger partial charge is 0.272 e. The normalized spacial score (nSPS) is 11.3. The molecule has 0 aliphatic heterocycles. The molecule has 0 aromatic carbocycles. The van der Waals surface area contributed by atoms with Crippen molar-refractivity contribution in [3.8, 4) is 0 Å². The summed E-state index contributed by atoms with van der Waals surface area (Å²) in [5.74, 6) is -0.474. The van der Waals surface area contributed by atoms with Crippen LogP contribution in [0, 0.1) is 6.92 Å². The van der Waals surface area contributed by atoms with E-state index < -0.39 is 9.84 Å². The van der Waals surface area contributed by atoms with Gasteiger partial charge in [0.05, 0.1) is 5.75 Å². The Balaban J connectivity index is 2.80. The zero-order valence-corrected chi connectivity index (χ0v) is 11.9. The van der Waals surface area contributed by atoms with Gasteiger partial charge in [0.25, 0.3) is 5.91 Å². The Morgan fingerprint density at radius 1 is 1.44 bits per heavy atom. The minimum Gasteiger partial charge on any atom is -0.339 e. The molecule has 6 nitrogen and oxygen atoms in total. The van der Waals surface area contributed by atoms with Crippen LogP contribution in [0.2, 0.25) is 5.28 Å². The van der Waals surface area contributed by atoms with E-state index in [1.807, 2.05) is 0 Å². The summed E-state index contributed by atoms with van der Waals surface area (Å²) in [5, 5.41) is -0.00476. The summed E-state index contributed by atoms with van der Waals surface area (Å²) in [6, 6.07) is 1.51. The highest BCUT2D eigenvalue weighted by Gasteiger charge is 2.16. The van der Waals surface area contributed by atoms with Gasteiger partial charge in [-0.05, 0) is 24.6 Å². The van der Waals surface area contributed by atoms with Gasteiger partial charge in [-0.1, -0.05) is 0 Å². The number of aryl methyl sites for hydroxylation is 1. The van der Waals surface area contributed by atoms with Gasteiger partial charge in [0.1, 0.15) is 15.5 Å². The van der Waals surface area contributed by atoms with Crippen LogP contribution < -0.4 is 0 Å². The van der Waals surface area contributed by atoms with Gasteiger partial charge in [-0.25, -0.2) is 18.4 Å². The van der Waals surface area contributed by atoms with Crippen molar-refractivity contribution in [1.29, 1.82) is 0 Å². The lowest BCUT2D eigenvalue weighted by molar-refractivity contribution is 0.0797. The first kappa shape index (κ1) is 14.8. The van der Waals surface area contributed by atoms with Crippen molar-refractivity contribution in [2.45, 2.75) is 6.92 Å². The summed E-state index contributed by atoms with van der Waals surface area (Å²) in [7, 11) is -1.59. The molecule has 100 valence electrons. The number of carbonyl (C=O) groups excluding carboxylic acids is 1. The van der Waals surface area contributed by atoms with E-state index in [1.54, 1.807) is 6.92 Å². The predicted molar refractivity (Wildman–Crippen MR) is 68.5 cm³/mol. The molecule has 0 N–H and O–H groups in total. The SMILES string of the molecule is Cc1cc(C(=O)N(C)CCS(C)(=O)=O)nc(Cl)n1. The van der Waals surface area contributed by atoms with Crippen LogP contribution in [0.4, 0.5) is 0 Å². The molecule has 0 fully saturated rings. The third kappa shape index (κ3) is 4.58. The Morgan fingerprint density at radius 2 is 2.06 bits per heavy atom. The highest BCUT2D eigenvalue weighted by molar-refractivity contribution is 7.90. The number of amides is 1. The molecule has 1 rings (SSSR count). The van der Waals surface area contributed by atoms with Gasteiger partial charge < -0.3 is 4.90 Å². The third-order valence-corrected chi connectivity index (χ3v) is 3.28. The van der Waals surface area contributed by atoms with Crippen molar-refractivity contribution in [3.63, 3.8) is 0 Å². The highest BCUT2D eigenvalue weighted by atomic mass is 35.5. The third-order valence-electron chi connectivity index (χ3n) is 2.19. The van der Waals surface area contributed by atoms with E-state index in [2.05, 4.69) is 9.97 Å². The van der Waals surface area contributed by atoms with Crippen LogP contribution in [0.15, 0.2) is 6.07 Å². The first-order chi connectivity index (χ1) is 8.19. The molecule has 18 heavy (non-hydrogen) atoms. The van der Waals surface area contributed by atoms with Crippen LogP contribution in [0.25, 0.3) is 0 Å². The number of nitrogens with zero attached hydrogens (tertiary/aromatic N) is 3. The molecule has 8 heteroatoms. The van der Waals surface area contributed by atoms with Gasteiger partial charge >= 0.3 is 0 Å². The zero-order valence-electron chi connectivity index (χ0n) is 10.3. The molecule has 0 radical (unpaired) electrons. The Bertz CT molecular complexity index is 539. The fraction of sp³-hybridized carbons (Fsp3) is 0.500. The van der Waals surface area contributed by atoms with Gasteiger partial charge in [-0.2, -0.15) is 0 Å². The molecular weight excluding hydrogens is 278 g/mol. The van der Waals surface area contributed by atoms with E-state index in [9.17, 15) is 13.2 Å². The molecule has 0 spiro atoms. The van der Waals surface area contributed by atoms with Crippen molar-refractivity contribution in [2.24, 2.45) is 0 Å². The number of carbonyl (C=O) groups is 1. The summed E-state index contributed by atoms with van der Waals surface area (Å²) < 4.78 is 22.0. The molecule has 0 saturated heterocycles. The minimum atomic E-state index is -3.10. The molecule has 0 saturated carbocycles. The fourth-order valence-electron chi connectivity index (χ4n) is 1.24. The van der Waals surface area contributed by atoms with Gasteiger partial charge in [-0.3, -0.25) is 4.79 Å².